The molecule has 142 valence electrons. The van der Waals surface area contributed by atoms with Crippen molar-refractivity contribution in [1.82, 2.24) is 5.32 Å². The van der Waals surface area contributed by atoms with Crippen LogP contribution in [0.1, 0.15) is 11.1 Å². The first-order valence-corrected chi connectivity index (χ1v) is 8.48. The Bertz CT molecular complexity index is 780. The van der Waals surface area contributed by atoms with Crippen molar-refractivity contribution in [3.05, 3.63) is 70.7 Å². The van der Waals surface area contributed by atoms with Crippen LogP contribution in [0.25, 0.3) is 0 Å². The van der Waals surface area contributed by atoms with Crippen LogP contribution >= 0.6 is 11.6 Å². The van der Waals surface area contributed by atoms with E-state index in [1.54, 1.807) is 36.4 Å². The molecule has 2 aromatic rings. The molecule has 0 fully saturated rings. The maximum Gasteiger partial charge on any atom is 0.408 e. The Labute approximate surface area is 161 Å². The van der Waals surface area contributed by atoms with E-state index >= 15 is 0 Å². The number of primary amides is 1. The summed E-state index contributed by atoms with van der Waals surface area (Å²) >= 11 is 5.85. The molecule has 3 N–H and O–H groups in total. The number of rotatable bonds is 8. The van der Waals surface area contributed by atoms with Gasteiger partial charge in [0.05, 0.1) is 0 Å². The third-order valence-electron chi connectivity index (χ3n) is 3.50. The van der Waals surface area contributed by atoms with Gasteiger partial charge in [-0.05, 0) is 23.3 Å². The fourth-order valence-electron chi connectivity index (χ4n) is 2.20. The van der Waals surface area contributed by atoms with Crippen molar-refractivity contribution in [2.24, 2.45) is 5.73 Å². The number of nitrogens with one attached hydrogen (secondary N) is 1. The highest BCUT2D eigenvalue weighted by Crippen LogP contribution is 2.12. The Kier molecular flexibility index (Phi) is 7.63. The number of esters is 1. The van der Waals surface area contributed by atoms with Gasteiger partial charge >= 0.3 is 12.1 Å². The lowest BCUT2D eigenvalue weighted by Gasteiger charge is -2.17. The number of nitrogens with two attached hydrogens (primary N) is 1. The minimum atomic E-state index is -1.05. The first kappa shape index (κ1) is 20.3. The first-order chi connectivity index (χ1) is 12.9. The summed E-state index contributed by atoms with van der Waals surface area (Å²) in [7, 11) is 0. The van der Waals surface area contributed by atoms with Crippen LogP contribution in [0.15, 0.2) is 54.6 Å². The van der Waals surface area contributed by atoms with E-state index in [2.05, 4.69) is 5.32 Å². The van der Waals surface area contributed by atoms with Crippen molar-refractivity contribution in [2.45, 2.75) is 19.1 Å². The number of hydrogen-bond donors (Lipinski definition) is 2. The van der Waals surface area contributed by atoms with Gasteiger partial charge in [0.1, 0.15) is 12.6 Å². The largest absolute Gasteiger partial charge is 0.454 e. The van der Waals surface area contributed by atoms with Crippen molar-refractivity contribution in [3.63, 3.8) is 0 Å². The predicted octanol–water partition coefficient (Wildman–Crippen LogP) is 2.21. The molecule has 0 aliphatic rings. The number of ether oxygens (including phenoxy) is 2. The highest BCUT2D eigenvalue weighted by Gasteiger charge is 2.24. The van der Waals surface area contributed by atoms with Crippen LogP contribution < -0.4 is 11.1 Å². The maximum atomic E-state index is 12.2. The summed E-state index contributed by atoms with van der Waals surface area (Å²) in [6.45, 7) is -0.520. The Morgan fingerprint density at radius 3 is 2.26 bits per heavy atom. The molecule has 0 spiro atoms. The molecule has 0 aliphatic carbocycles. The molecule has 0 aliphatic heterocycles. The third kappa shape index (κ3) is 7.37. The number of benzene rings is 2. The second kappa shape index (κ2) is 10.2. The first-order valence-electron chi connectivity index (χ1n) is 8.10. The third-order valence-corrected chi connectivity index (χ3v) is 3.75. The fraction of sp³-hybridized carbons (Fsp3) is 0.211. The van der Waals surface area contributed by atoms with Crippen LogP contribution in [0.5, 0.6) is 0 Å². The summed E-state index contributed by atoms with van der Waals surface area (Å²) < 4.78 is 9.94. The van der Waals surface area contributed by atoms with E-state index in [0.29, 0.717) is 5.02 Å². The van der Waals surface area contributed by atoms with Gasteiger partial charge in [-0.2, -0.15) is 0 Å². The molecule has 2 rings (SSSR count). The lowest BCUT2D eigenvalue weighted by molar-refractivity contribution is -0.149. The second-order valence-electron chi connectivity index (χ2n) is 5.66. The van der Waals surface area contributed by atoms with E-state index in [0.717, 1.165) is 11.1 Å². The van der Waals surface area contributed by atoms with Gasteiger partial charge in [0.15, 0.2) is 6.61 Å². The van der Waals surface area contributed by atoms with E-state index in [4.69, 9.17) is 26.8 Å². The molecule has 0 aromatic heterocycles. The Morgan fingerprint density at radius 1 is 0.963 bits per heavy atom. The summed E-state index contributed by atoms with van der Waals surface area (Å²) in [4.78, 5) is 35.1. The van der Waals surface area contributed by atoms with E-state index in [1.807, 2.05) is 18.2 Å². The normalized spacial score (nSPS) is 11.3. The molecule has 0 saturated heterocycles. The fourth-order valence-corrected chi connectivity index (χ4v) is 2.33. The van der Waals surface area contributed by atoms with Gasteiger partial charge in [-0.25, -0.2) is 9.59 Å². The molecule has 0 unspecified atom stereocenters. The lowest BCUT2D eigenvalue weighted by Crippen LogP contribution is -2.44. The van der Waals surface area contributed by atoms with Crippen molar-refractivity contribution < 1.29 is 23.9 Å². The van der Waals surface area contributed by atoms with Crippen LogP contribution in [0, 0.1) is 0 Å². The van der Waals surface area contributed by atoms with Gasteiger partial charge in [-0.15, -0.1) is 0 Å². The molecular formula is C19H19ClN2O5. The molecule has 2 aromatic carbocycles. The van der Waals surface area contributed by atoms with Gasteiger partial charge < -0.3 is 20.5 Å². The second-order valence-corrected chi connectivity index (χ2v) is 6.10. The average Bonchev–Trinajstić information content (AvgIpc) is 2.66. The summed E-state index contributed by atoms with van der Waals surface area (Å²) in [6, 6.07) is 14.8. The van der Waals surface area contributed by atoms with Crippen LogP contribution in [-0.2, 0) is 32.1 Å². The molecule has 1 atom stereocenters. The molecule has 0 radical (unpaired) electrons. The van der Waals surface area contributed by atoms with Crippen molar-refractivity contribution in [1.29, 1.82) is 0 Å². The van der Waals surface area contributed by atoms with E-state index in [-0.39, 0.29) is 13.0 Å². The smallest absolute Gasteiger partial charge is 0.408 e. The van der Waals surface area contributed by atoms with Gasteiger partial charge in [-0.1, -0.05) is 54.1 Å². The highest BCUT2D eigenvalue weighted by atomic mass is 35.5. The summed E-state index contributed by atoms with van der Waals surface area (Å²) in [5, 5.41) is 3.00. The molecule has 0 heterocycles. The number of alkyl carbamates (subject to hydrolysis) is 1. The summed E-state index contributed by atoms with van der Waals surface area (Å²) in [5.41, 5.74) is 6.52. The monoisotopic (exact) mass is 390 g/mol. The molecule has 0 bridgehead atoms. The Balaban J connectivity index is 1.99. The molecule has 7 nitrogen and oxygen atoms in total. The average molecular weight is 391 g/mol. The zero-order valence-corrected chi connectivity index (χ0v) is 15.1. The van der Waals surface area contributed by atoms with Crippen LogP contribution in [-0.4, -0.2) is 30.6 Å². The van der Waals surface area contributed by atoms with Crippen molar-refractivity contribution in [2.75, 3.05) is 6.61 Å². The number of amides is 2. The molecule has 8 heteroatoms. The molecular weight excluding hydrogens is 372 g/mol. The number of hydrogen-bond acceptors (Lipinski definition) is 5. The van der Waals surface area contributed by atoms with E-state index in [9.17, 15) is 14.4 Å². The van der Waals surface area contributed by atoms with Crippen LogP contribution in [0.3, 0.4) is 0 Å². The van der Waals surface area contributed by atoms with E-state index in [1.165, 1.54) is 0 Å². The Morgan fingerprint density at radius 2 is 1.63 bits per heavy atom. The topological polar surface area (TPSA) is 108 Å². The quantitative estimate of drug-likeness (QED) is 0.672. The SMILES string of the molecule is NC(=O)COC(=O)[C@H](Cc1ccc(Cl)cc1)NC(=O)OCc1ccccc1. The summed E-state index contributed by atoms with van der Waals surface area (Å²) in [5.74, 6) is -1.58. The molecule has 27 heavy (non-hydrogen) atoms. The van der Waals surface area contributed by atoms with Crippen LogP contribution in [0.2, 0.25) is 5.02 Å². The number of halogens is 1. The molecule has 0 saturated carbocycles. The summed E-state index contributed by atoms with van der Waals surface area (Å²) in [6.07, 6.45) is -0.649. The number of carbonyl (C=O) groups excluding carboxylic acids is 3. The number of carbonyl (C=O) groups is 3. The minimum Gasteiger partial charge on any atom is -0.454 e. The maximum absolute atomic E-state index is 12.2. The zero-order valence-electron chi connectivity index (χ0n) is 14.4. The zero-order chi connectivity index (χ0) is 19.6. The molecule has 2 amide bonds. The van der Waals surface area contributed by atoms with Gasteiger partial charge in [0, 0.05) is 11.4 Å². The lowest BCUT2D eigenvalue weighted by atomic mass is 10.1. The minimum absolute atomic E-state index is 0.0523. The predicted molar refractivity (Wildman–Crippen MR) is 98.9 cm³/mol. The van der Waals surface area contributed by atoms with Gasteiger partial charge in [-0.3, -0.25) is 4.79 Å². The van der Waals surface area contributed by atoms with Crippen molar-refractivity contribution >= 4 is 29.6 Å². The highest BCUT2D eigenvalue weighted by molar-refractivity contribution is 6.30. The van der Waals surface area contributed by atoms with Crippen molar-refractivity contribution in [3.8, 4) is 0 Å². The standard InChI is InChI=1S/C19H19ClN2O5/c20-15-8-6-13(7-9-15)10-16(18(24)26-12-17(21)23)22-19(25)27-11-14-4-2-1-3-5-14/h1-9,16H,10-12H2,(H2,21,23)(H,22,25)/t16-/m0/s1. The van der Waals surface area contributed by atoms with Crippen LogP contribution in [0.4, 0.5) is 4.79 Å². The van der Waals surface area contributed by atoms with Gasteiger partial charge in [0.2, 0.25) is 0 Å². The Hall–Kier alpha value is -3.06. The van der Waals surface area contributed by atoms with Gasteiger partial charge in [0.25, 0.3) is 5.91 Å². The van der Waals surface area contributed by atoms with E-state index < -0.39 is 30.6 Å².